The van der Waals surface area contributed by atoms with E-state index in [1.165, 1.54) is 75.3 Å². The molecule has 2 unspecified atom stereocenters. The summed E-state index contributed by atoms with van der Waals surface area (Å²) in [6.45, 7) is 10.0. The summed E-state index contributed by atoms with van der Waals surface area (Å²) in [5, 5.41) is 0.221. The van der Waals surface area contributed by atoms with E-state index in [-0.39, 0.29) is 13.1 Å². The van der Waals surface area contributed by atoms with Gasteiger partial charge in [0.15, 0.2) is 0 Å². The van der Waals surface area contributed by atoms with Crippen LogP contribution >= 0.6 is 7.92 Å². The Hall–Kier alpha value is -1.65. The highest BCUT2D eigenvalue weighted by Crippen LogP contribution is 2.72. The molecule has 0 nitrogen and oxygen atoms in total. The fourth-order valence-corrected chi connectivity index (χ4v) is 13.2. The highest BCUT2D eigenvalue weighted by Gasteiger charge is 2.53. The standard InChI is InChI=1S/C36H49P/c1-27(2)32-25-16-26-36(28(3)4,37(30-19-10-6-11-20-30)31-21-12-7-13-22-31)35(32)34-24-15-14-23-33(34)29-17-8-5-9-18-29/h5,8-9,14-18,23-28,30-31,35H,6-7,10-13,19-22H2,1-4H3. The molecule has 2 fully saturated rings. The first kappa shape index (κ1) is 26.9. The molecule has 2 atom stereocenters. The average molecular weight is 513 g/mol. The van der Waals surface area contributed by atoms with Gasteiger partial charge in [0.1, 0.15) is 0 Å². The zero-order valence-electron chi connectivity index (χ0n) is 23.8. The fourth-order valence-electron chi connectivity index (χ4n) is 8.06. The third-order valence-electron chi connectivity index (χ3n) is 9.78. The minimum Gasteiger partial charge on any atom is -0.0888 e. The normalized spacial score (nSPS) is 25.7. The summed E-state index contributed by atoms with van der Waals surface area (Å²) in [7, 11) is -0.162. The van der Waals surface area contributed by atoms with Crippen molar-refractivity contribution >= 4 is 7.92 Å². The van der Waals surface area contributed by atoms with E-state index in [0.29, 0.717) is 17.8 Å². The van der Waals surface area contributed by atoms with Crippen LogP contribution in [0.3, 0.4) is 0 Å². The molecule has 2 aromatic carbocycles. The van der Waals surface area contributed by atoms with Crippen LogP contribution in [0.5, 0.6) is 0 Å². The molecule has 0 radical (unpaired) electrons. The summed E-state index contributed by atoms with van der Waals surface area (Å²) >= 11 is 0. The molecule has 1 heteroatoms. The second-order valence-corrected chi connectivity index (χ2v) is 15.6. The summed E-state index contributed by atoms with van der Waals surface area (Å²) < 4.78 is 0. The van der Waals surface area contributed by atoms with Crippen LogP contribution < -0.4 is 0 Å². The van der Waals surface area contributed by atoms with Crippen molar-refractivity contribution in [1.82, 2.24) is 0 Å². The molecule has 0 bridgehead atoms. The summed E-state index contributed by atoms with van der Waals surface area (Å²) in [6, 6.07) is 20.7. The topological polar surface area (TPSA) is 0 Å². The van der Waals surface area contributed by atoms with Crippen LogP contribution in [0, 0.1) is 11.8 Å². The van der Waals surface area contributed by atoms with Gasteiger partial charge in [-0.15, -0.1) is 0 Å². The molecule has 3 aliphatic carbocycles. The Labute approximate surface area is 228 Å². The predicted molar refractivity (Wildman–Crippen MR) is 165 cm³/mol. The number of hydrogen-bond acceptors (Lipinski definition) is 0. The van der Waals surface area contributed by atoms with Gasteiger partial charge in [-0.2, -0.15) is 0 Å². The second kappa shape index (κ2) is 12.0. The summed E-state index contributed by atoms with van der Waals surface area (Å²) in [6.07, 6.45) is 22.4. The Morgan fingerprint density at radius 2 is 1.27 bits per heavy atom. The summed E-state index contributed by atoms with van der Waals surface area (Å²) in [5.74, 6) is 1.63. The van der Waals surface area contributed by atoms with E-state index in [4.69, 9.17) is 0 Å². The molecular weight excluding hydrogens is 463 g/mol. The van der Waals surface area contributed by atoms with Crippen molar-refractivity contribution in [2.75, 3.05) is 0 Å². The zero-order valence-corrected chi connectivity index (χ0v) is 24.7. The lowest BCUT2D eigenvalue weighted by Gasteiger charge is -2.57. The third kappa shape index (κ3) is 5.30. The molecule has 198 valence electrons. The quantitative estimate of drug-likeness (QED) is 0.324. The van der Waals surface area contributed by atoms with E-state index in [0.717, 1.165) is 11.3 Å². The molecule has 0 amide bonds. The van der Waals surface area contributed by atoms with Gasteiger partial charge in [0.05, 0.1) is 0 Å². The van der Waals surface area contributed by atoms with E-state index in [1.807, 2.05) is 0 Å². The maximum absolute atomic E-state index is 2.77. The molecular formula is C36H49P. The van der Waals surface area contributed by atoms with Crippen LogP contribution in [-0.2, 0) is 0 Å². The van der Waals surface area contributed by atoms with Crippen LogP contribution in [0.1, 0.15) is 103 Å². The fraction of sp³-hybridized carbons (Fsp3) is 0.556. The minimum atomic E-state index is -0.162. The van der Waals surface area contributed by atoms with Crippen molar-refractivity contribution < 1.29 is 0 Å². The molecule has 0 aromatic heterocycles. The van der Waals surface area contributed by atoms with Crippen molar-refractivity contribution in [3.63, 3.8) is 0 Å². The van der Waals surface area contributed by atoms with Gasteiger partial charge in [0.2, 0.25) is 0 Å². The second-order valence-electron chi connectivity index (χ2n) is 12.6. The van der Waals surface area contributed by atoms with Crippen LogP contribution in [0.15, 0.2) is 78.4 Å². The predicted octanol–water partition coefficient (Wildman–Crippen LogP) is 11.1. The van der Waals surface area contributed by atoms with Crippen LogP contribution in [0.4, 0.5) is 0 Å². The Bertz CT molecular complexity index is 1050. The number of hydrogen-bond donors (Lipinski definition) is 0. The van der Waals surface area contributed by atoms with Gasteiger partial charge in [-0.3, -0.25) is 0 Å². The van der Waals surface area contributed by atoms with Gasteiger partial charge in [-0.1, -0.05) is 153 Å². The molecule has 0 heterocycles. The Balaban J connectivity index is 1.73. The zero-order chi connectivity index (χ0) is 25.8. The highest BCUT2D eigenvalue weighted by atomic mass is 31.1. The Morgan fingerprint density at radius 1 is 0.703 bits per heavy atom. The Kier molecular flexibility index (Phi) is 8.76. The largest absolute Gasteiger partial charge is 0.0888 e. The smallest absolute Gasteiger partial charge is 0.0221 e. The minimum absolute atomic E-state index is 0.162. The maximum atomic E-state index is 2.77. The number of benzene rings is 2. The SMILES string of the molecule is CC(C)C1=CC=CC(C(C)C)(P(C2CCCCC2)C2CCCCC2)C1c1ccccc1-c1ccccc1. The van der Waals surface area contributed by atoms with E-state index >= 15 is 0 Å². The first-order chi connectivity index (χ1) is 18.0. The molecule has 2 aromatic rings. The summed E-state index contributed by atoms with van der Waals surface area (Å²) in [5.41, 5.74) is 7.91. The molecule has 0 spiro atoms. The summed E-state index contributed by atoms with van der Waals surface area (Å²) in [4.78, 5) is 0. The first-order valence-electron chi connectivity index (χ1n) is 15.4. The van der Waals surface area contributed by atoms with Gasteiger partial charge in [-0.25, -0.2) is 0 Å². The van der Waals surface area contributed by atoms with E-state index < -0.39 is 0 Å². The maximum Gasteiger partial charge on any atom is 0.0221 e. The molecule has 0 saturated heterocycles. The lowest BCUT2D eigenvalue weighted by Crippen LogP contribution is -2.46. The van der Waals surface area contributed by atoms with E-state index in [1.54, 1.807) is 11.1 Å². The molecule has 0 aliphatic heterocycles. The monoisotopic (exact) mass is 512 g/mol. The van der Waals surface area contributed by atoms with Crippen molar-refractivity contribution in [3.8, 4) is 11.1 Å². The van der Waals surface area contributed by atoms with E-state index in [2.05, 4.69) is 101 Å². The molecule has 37 heavy (non-hydrogen) atoms. The van der Waals surface area contributed by atoms with Gasteiger partial charge >= 0.3 is 0 Å². The van der Waals surface area contributed by atoms with Gasteiger partial charge in [0.25, 0.3) is 0 Å². The van der Waals surface area contributed by atoms with Crippen molar-refractivity contribution in [1.29, 1.82) is 0 Å². The van der Waals surface area contributed by atoms with Crippen molar-refractivity contribution in [2.45, 2.75) is 114 Å². The lowest BCUT2D eigenvalue weighted by molar-refractivity contribution is 0.404. The number of rotatable bonds is 7. The molecule has 5 rings (SSSR count). The van der Waals surface area contributed by atoms with Gasteiger partial charge in [0, 0.05) is 11.1 Å². The average Bonchev–Trinajstić information content (AvgIpc) is 2.94. The van der Waals surface area contributed by atoms with Crippen molar-refractivity contribution in [3.05, 3.63) is 84.0 Å². The van der Waals surface area contributed by atoms with Gasteiger partial charge in [-0.05, 0) is 65.5 Å². The highest BCUT2D eigenvalue weighted by molar-refractivity contribution is 7.61. The van der Waals surface area contributed by atoms with Crippen LogP contribution in [-0.4, -0.2) is 16.5 Å². The Morgan fingerprint density at radius 3 is 1.84 bits per heavy atom. The number of allylic oxidation sites excluding steroid dienone is 4. The van der Waals surface area contributed by atoms with Crippen molar-refractivity contribution in [2.24, 2.45) is 11.8 Å². The first-order valence-corrected chi connectivity index (χ1v) is 16.8. The lowest BCUT2D eigenvalue weighted by atomic mass is 9.68. The molecule has 3 aliphatic rings. The van der Waals surface area contributed by atoms with Crippen LogP contribution in [0.25, 0.3) is 11.1 Å². The van der Waals surface area contributed by atoms with E-state index in [9.17, 15) is 0 Å². The molecule has 2 saturated carbocycles. The molecule has 0 N–H and O–H groups in total. The third-order valence-corrected chi connectivity index (χ3v) is 14.2. The van der Waals surface area contributed by atoms with Gasteiger partial charge < -0.3 is 0 Å². The van der Waals surface area contributed by atoms with Crippen LogP contribution in [0.2, 0.25) is 0 Å².